The molecule has 0 aliphatic rings. The van der Waals surface area contributed by atoms with Crippen LogP contribution in [0, 0.1) is 5.92 Å². The number of hydrogen-bond donors (Lipinski definition) is 1. The summed E-state index contributed by atoms with van der Waals surface area (Å²) in [5.41, 5.74) is 3.66. The van der Waals surface area contributed by atoms with Crippen molar-refractivity contribution < 1.29 is 14.0 Å². The number of carbonyl (C=O) groups excluding carboxylic acids is 1. The second-order valence-corrected chi connectivity index (χ2v) is 4.46. The second-order valence-electron chi connectivity index (χ2n) is 4.46. The molecule has 0 aliphatic carbocycles. The highest BCUT2D eigenvalue weighted by molar-refractivity contribution is 5.93. The first-order chi connectivity index (χ1) is 9.16. The van der Waals surface area contributed by atoms with Crippen LogP contribution in [0.15, 0.2) is 35.1 Å². The normalized spacial score (nSPS) is 10.7. The third-order valence-corrected chi connectivity index (χ3v) is 2.34. The van der Waals surface area contributed by atoms with Crippen LogP contribution in [0.3, 0.4) is 0 Å². The second kappa shape index (κ2) is 6.10. The Kier molecular flexibility index (Phi) is 4.25. The van der Waals surface area contributed by atoms with E-state index < -0.39 is 0 Å². The molecule has 1 N–H and O–H groups in total. The van der Waals surface area contributed by atoms with E-state index in [0.29, 0.717) is 24.0 Å². The minimum Gasteiger partial charge on any atom is -0.423 e. The molecule has 6 nitrogen and oxygen atoms in total. The lowest BCUT2D eigenvalue weighted by Crippen LogP contribution is -2.25. The Morgan fingerprint density at radius 3 is 2.68 bits per heavy atom. The van der Waals surface area contributed by atoms with Gasteiger partial charge in [0, 0.05) is 11.1 Å². The number of hydrogen-bond acceptors (Lipinski definition) is 5. The lowest BCUT2D eigenvalue weighted by Gasteiger charge is -2.07. The van der Waals surface area contributed by atoms with Crippen LogP contribution in [-0.4, -0.2) is 22.7 Å². The molecular weight excluding hydrogens is 246 g/mol. The van der Waals surface area contributed by atoms with Gasteiger partial charge in [-0.15, -0.1) is 10.2 Å². The Hall–Kier alpha value is -2.21. The summed E-state index contributed by atoms with van der Waals surface area (Å²) in [4.78, 5) is 16.8. The molecule has 1 heterocycles. The summed E-state index contributed by atoms with van der Waals surface area (Å²) in [6.07, 6.45) is 1.26. The minimum absolute atomic E-state index is 0.280. The molecule has 0 saturated carbocycles. The van der Waals surface area contributed by atoms with Gasteiger partial charge in [-0.25, -0.2) is 5.48 Å². The number of nitrogens with one attached hydrogen (secondary N) is 1. The van der Waals surface area contributed by atoms with Gasteiger partial charge in [-0.2, -0.15) is 0 Å². The monoisotopic (exact) mass is 261 g/mol. The van der Waals surface area contributed by atoms with Crippen molar-refractivity contribution in [3.63, 3.8) is 0 Å². The van der Waals surface area contributed by atoms with E-state index in [9.17, 15) is 4.79 Å². The van der Waals surface area contributed by atoms with E-state index in [2.05, 4.69) is 15.7 Å². The topological polar surface area (TPSA) is 77.2 Å². The number of hydroxylamine groups is 1. The zero-order valence-electron chi connectivity index (χ0n) is 10.8. The van der Waals surface area contributed by atoms with Crippen LogP contribution in [0.5, 0.6) is 0 Å². The van der Waals surface area contributed by atoms with Gasteiger partial charge in [0.2, 0.25) is 12.3 Å². The van der Waals surface area contributed by atoms with Gasteiger partial charge in [0.25, 0.3) is 5.91 Å². The van der Waals surface area contributed by atoms with Crippen LogP contribution in [0.1, 0.15) is 24.2 Å². The van der Waals surface area contributed by atoms with E-state index in [1.165, 1.54) is 6.39 Å². The molecule has 1 aromatic heterocycles. The van der Waals surface area contributed by atoms with E-state index in [0.717, 1.165) is 5.56 Å². The average Bonchev–Trinajstić information content (AvgIpc) is 2.92. The molecule has 0 saturated heterocycles. The third-order valence-electron chi connectivity index (χ3n) is 2.34. The van der Waals surface area contributed by atoms with Crippen LogP contribution >= 0.6 is 0 Å². The predicted molar refractivity (Wildman–Crippen MR) is 68.0 cm³/mol. The minimum atomic E-state index is -0.280. The van der Waals surface area contributed by atoms with Gasteiger partial charge >= 0.3 is 0 Å². The van der Waals surface area contributed by atoms with Gasteiger partial charge < -0.3 is 4.42 Å². The quantitative estimate of drug-likeness (QED) is 0.833. The maximum atomic E-state index is 11.7. The lowest BCUT2D eigenvalue weighted by molar-refractivity contribution is 0.0208. The van der Waals surface area contributed by atoms with Gasteiger partial charge in [0.1, 0.15) is 0 Å². The number of carbonyl (C=O) groups is 1. The first-order valence-electron chi connectivity index (χ1n) is 5.95. The Balaban J connectivity index is 1.96. The molecule has 2 rings (SSSR count). The summed E-state index contributed by atoms with van der Waals surface area (Å²) >= 11 is 0. The lowest BCUT2D eigenvalue weighted by atomic mass is 10.1. The first kappa shape index (κ1) is 13.2. The Bertz CT molecular complexity index is 521. The van der Waals surface area contributed by atoms with Gasteiger partial charge in [0.15, 0.2) is 0 Å². The summed E-state index contributed by atoms with van der Waals surface area (Å²) in [5, 5.41) is 7.39. The highest BCUT2D eigenvalue weighted by Gasteiger charge is 2.08. The summed E-state index contributed by atoms with van der Waals surface area (Å²) < 4.78 is 5.06. The predicted octanol–water partition coefficient (Wildman–Crippen LogP) is 2.05. The van der Waals surface area contributed by atoms with Crippen molar-refractivity contribution in [2.45, 2.75) is 13.8 Å². The van der Waals surface area contributed by atoms with Crippen LogP contribution in [0.2, 0.25) is 0 Å². The average molecular weight is 261 g/mol. The smallest absolute Gasteiger partial charge is 0.274 e. The van der Waals surface area contributed by atoms with Crippen molar-refractivity contribution in [1.29, 1.82) is 0 Å². The van der Waals surface area contributed by atoms with Gasteiger partial charge in [0.05, 0.1) is 6.61 Å². The maximum absolute atomic E-state index is 11.7. The van der Waals surface area contributed by atoms with Crippen LogP contribution in [-0.2, 0) is 4.84 Å². The molecule has 19 heavy (non-hydrogen) atoms. The Labute approximate surface area is 110 Å². The van der Waals surface area contributed by atoms with E-state index in [-0.39, 0.29) is 5.91 Å². The largest absolute Gasteiger partial charge is 0.423 e. The molecule has 0 radical (unpaired) electrons. The fraction of sp³-hybridized carbons (Fsp3) is 0.308. The summed E-state index contributed by atoms with van der Waals surface area (Å²) in [7, 11) is 0. The van der Waals surface area contributed by atoms with E-state index in [1.54, 1.807) is 24.3 Å². The fourth-order valence-electron chi connectivity index (χ4n) is 1.40. The number of nitrogens with zero attached hydrogens (tertiary/aromatic N) is 2. The molecule has 0 fully saturated rings. The van der Waals surface area contributed by atoms with Crippen molar-refractivity contribution in [2.75, 3.05) is 6.61 Å². The fourth-order valence-corrected chi connectivity index (χ4v) is 1.40. The van der Waals surface area contributed by atoms with E-state index in [4.69, 9.17) is 9.25 Å². The zero-order chi connectivity index (χ0) is 13.7. The highest BCUT2D eigenvalue weighted by atomic mass is 16.6. The number of benzene rings is 1. The van der Waals surface area contributed by atoms with Gasteiger partial charge in [-0.1, -0.05) is 13.8 Å². The molecule has 100 valence electrons. The molecule has 0 atom stereocenters. The molecule has 2 aromatic rings. The van der Waals surface area contributed by atoms with Gasteiger partial charge in [-0.3, -0.25) is 9.63 Å². The summed E-state index contributed by atoms with van der Waals surface area (Å²) in [6.45, 7) is 4.49. The first-order valence-corrected chi connectivity index (χ1v) is 5.95. The van der Waals surface area contributed by atoms with Crippen molar-refractivity contribution in [3.8, 4) is 11.5 Å². The van der Waals surface area contributed by atoms with Gasteiger partial charge in [-0.05, 0) is 30.2 Å². The summed E-state index contributed by atoms with van der Waals surface area (Å²) in [6, 6.07) is 6.83. The number of rotatable bonds is 5. The molecular formula is C13H15N3O3. The SMILES string of the molecule is CC(C)CONC(=O)c1ccc(-c2nnco2)cc1. The Morgan fingerprint density at radius 2 is 2.11 bits per heavy atom. The van der Waals surface area contributed by atoms with Crippen molar-refractivity contribution >= 4 is 5.91 Å². The Morgan fingerprint density at radius 1 is 1.37 bits per heavy atom. The van der Waals surface area contributed by atoms with Crippen LogP contribution < -0.4 is 5.48 Å². The highest BCUT2D eigenvalue weighted by Crippen LogP contribution is 2.16. The number of amides is 1. The molecule has 0 spiro atoms. The zero-order valence-corrected chi connectivity index (χ0v) is 10.8. The van der Waals surface area contributed by atoms with Crippen molar-refractivity contribution in [2.24, 2.45) is 5.92 Å². The third kappa shape index (κ3) is 3.62. The summed E-state index contributed by atoms with van der Waals surface area (Å²) in [5.74, 6) is 0.501. The van der Waals surface area contributed by atoms with Crippen molar-refractivity contribution in [3.05, 3.63) is 36.2 Å². The van der Waals surface area contributed by atoms with E-state index in [1.807, 2.05) is 13.8 Å². The molecule has 6 heteroatoms. The van der Waals surface area contributed by atoms with Crippen molar-refractivity contribution in [1.82, 2.24) is 15.7 Å². The molecule has 0 aliphatic heterocycles. The van der Waals surface area contributed by atoms with E-state index >= 15 is 0 Å². The van der Waals surface area contributed by atoms with Crippen LogP contribution in [0.4, 0.5) is 0 Å². The molecule has 0 bridgehead atoms. The standard InChI is InChI=1S/C13H15N3O3/c1-9(2)7-19-16-12(17)10-3-5-11(6-4-10)13-15-14-8-18-13/h3-6,8-9H,7H2,1-2H3,(H,16,17). The van der Waals surface area contributed by atoms with Crippen LogP contribution in [0.25, 0.3) is 11.5 Å². The molecule has 1 amide bonds. The number of aromatic nitrogens is 2. The molecule has 1 aromatic carbocycles. The molecule has 0 unspecified atom stereocenters. The maximum Gasteiger partial charge on any atom is 0.274 e.